The molecule has 0 spiro atoms. The van der Waals surface area contributed by atoms with Gasteiger partial charge >= 0.3 is 0 Å². The largest absolute Gasteiger partial charge is 0.491 e. The minimum Gasteiger partial charge on any atom is -0.491 e. The van der Waals surface area contributed by atoms with Crippen LogP contribution in [0.1, 0.15) is 52.6 Å². The summed E-state index contributed by atoms with van der Waals surface area (Å²) in [5.41, 5.74) is 3.29. The molecule has 1 aromatic heterocycles. The molecule has 2 aliphatic heterocycles. The van der Waals surface area contributed by atoms with Gasteiger partial charge in [-0.25, -0.2) is 8.42 Å². The van der Waals surface area contributed by atoms with Gasteiger partial charge < -0.3 is 14.4 Å². The van der Waals surface area contributed by atoms with Crippen LogP contribution in [0.15, 0.2) is 24.3 Å². The summed E-state index contributed by atoms with van der Waals surface area (Å²) < 4.78 is 36.9. The molecule has 2 atom stereocenters. The molecule has 0 unspecified atom stereocenters. The second kappa shape index (κ2) is 9.23. The number of aromatic nitrogens is 2. The van der Waals surface area contributed by atoms with Gasteiger partial charge in [0, 0.05) is 37.0 Å². The minimum absolute atomic E-state index is 0.0920. The Morgan fingerprint density at radius 1 is 1.25 bits per heavy atom. The first-order valence-corrected chi connectivity index (χ1v) is 12.9. The van der Waals surface area contributed by atoms with Gasteiger partial charge in [-0.2, -0.15) is 5.10 Å². The zero-order valence-corrected chi connectivity index (χ0v) is 19.7. The molecule has 2 saturated heterocycles. The van der Waals surface area contributed by atoms with Crippen molar-refractivity contribution in [3.8, 4) is 5.75 Å². The number of benzene rings is 1. The average Bonchev–Trinajstić information content (AvgIpc) is 3.48. The molecule has 174 valence electrons. The van der Waals surface area contributed by atoms with Gasteiger partial charge in [-0.3, -0.25) is 9.48 Å². The van der Waals surface area contributed by atoms with Crippen LogP contribution in [0.25, 0.3) is 0 Å². The molecule has 2 fully saturated rings. The van der Waals surface area contributed by atoms with Crippen LogP contribution in [-0.4, -0.2) is 66.9 Å². The van der Waals surface area contributed by atoms with E-state index >= 15 is 0 Å². The smallest absolute Gasteiger partial charge is 0.253 e. The van der Waals surface area contributed by atoms with E-state index in [1.807, 2.05) is 30.7 Å². The van der Waals surface area contributed by atoms with Crippen LogP contribution in [0.2, 0.25) is 0 Å². The summed E-state index contributed by atoms with van der Waals surface area (Å²) in [7, 11) is -1.23. The monoisotopic (exact) mass is 461 g/mol. The first-order valence-electron chi connectivity index (χ1n) is 11.1. The fourth-order valence-corrected chi connectivity index (χ4v) is 6.13. The van der Waals surface area contributed by atoms with Crippen molar-refractivity contribution in [2.75, 3.05) is 31.8 Å². The average molecular weight is 462 g/mol. The first-order chi connectivity index (χ1) is 15.2. The zero-order valence-electron chi connectivity index (χ0n) is 18.9. The standard InChI is InChI=1S/C23H31N3O5S/c1-16-22(17(2)26(24-16)19-10-12-32(28,29)15-19)13-25(3)23(27)18-6-8-20(9-7-18)31-14-21-5-4-11-30-21/h6-9,19,21H,4-5,10-15H2,1-3H3/t19-,21+/m0/s1. The highest BCUT2D eigenvalue weighted by Crippen LogP contribution is 2.27. The molecule has 8 nitrogen and oxygen atoms in total. The normalized spacial score (nSPS) is 22.2. The predicted molar refractivity (Wildman–Crippen MR) is 121 cm³/mol. The van der Waals surface area contributed by atoms with Crippen molar-refractivity contribution in [3.63, 3.8) is 0 Å². The molecule has 4 rings (SSSR count). The summed E-state index contributed by atoms with van der Waals surface area (Å²) in [6, 6.07) is 7.04. The number of hydrogen-bond donors (Lipinski definition) is 0. The van der Waals surface area contributed by atoms with Crippen molar-refractivity contribution in [2.24, 2.45) is 0 Å². The molecule has 3 heterocycles. The van der Waals surface area contributed by atoms with E-state index in [-0.39, 0.29) is 29.6 Å². The van der Waals surface area contributed by atoms with Crippen molar-refractivity contribution >= 4 is 15.7 Å². The number of ether oxygens (including phenoxy) is 2. The number of carbonyl (C=O) groups excluding carboxylic acids is 1. The van der Waals surface area contributed by atoms with Crippen molar-refractivity contribution in [1.82, 2.24) is 14.7 Å². The lowest BCUT2D eigenvalue weighted by atomic mass is 10.1. The third kappa shape index (κ3) is 4.99. The minimum atomic E-state index is -2.99. The maximum Gasteiger partial charge on any atom is 0.253 e. The Morgan fingerprint density at radius 3 is 2.62 bits per heavy atom. The second-order valence-corrected chi connectivity index (χ2v) is 11.0. The number of rotatable bonds is 7. The van der Waals surface area contributed by atoms with Gasteiger partial charge in [-0.1, -0.05) is 0 Å². The van der Waals surface area contributed by atoms with Crippen molar-refractivity contribution in [3.05, 3.63) is 46.8 Å². The summed E-state index contributed by atoms with van der Waals surface area (Å²) in [6.07, 6.45) is 2.83. The van der Waals surface area contributed by atoms with Crippen molar-refractivity contribution in [1.29, 1.82) is 0 Å². The number of sulfone groups is 1. The lowest BCUT2D eigenvalue weighted by Crippen LogP contribution is -2.26. The Labute approximate surface area is 189 Å². The molecule has 1 amide bonds. The maximum absolute atomic E-state index is 13.0. The lowest BCUT2D eigenvalue weighted by molar-refractivity contribution is 0.0679. The predicted octanol–water partition coefficient (Wildman–Crippen LogP) is 2.69. The van der Waals surface area contributed by atoms with Crippen LogP contribution >= 0.6 is 0 Å². The molecule has 0 saturated carbocycles. The number of nitrogens with zero attached hydrogens (tertiary/aromatic N) is 3. The number of carbonyl (C=O) groups is 1. The number of hydrogen-bond acceptors (Lipinski definition) is 6. The van der Waals surface area contributed by atoms with E-state index in [4.69, 9.17) is 9.47 Å². The summed E-state index contributed by atoms with van der Waals surface area (Å²) in [4.78, 5) is 14.6. The zero-order chi connectivity index (χ0) is 22.9. The highest BCUT2D eigenvalue weighted by Gasteiger charge is 2.31. The molecule has 32 heavy (non-hydrogen) atoms. The summed E-state index contributed by atoms with van der Waals surface area (Å²) in [5, 5.41) is 4.60. The van der Waals surface area contributed by atoms with Crippen LogP contribution in [0.4, 0.5) is 0 Å². The fourth-order valence-electron chi connectivity index (χ4n) is 4.44. The van der Waals surface area contributed by atoms with E-state index in [0.29, 0.717) is 25.1 Å². The van der Waals surface area contributed by atoms with Gasteiger partial charge in [0.1, 0.15) is 12.4 Å². The van der Waals surface area contributed by atoms with E-state index in [1.165, 1.54) is 0 Å². The third-order valence-corrected chi connectivity index (χ3v) is 8.08. The second-order valence-electron chi connectivity index (χ2n) is 8.78. The quantitative estimate of drug-likeness (QED) is 0.630. The first kappa shape index (κ1) is 22.8. The molecule has 0 bridgehead atoms. The number of aryl methyl sites for hydroxylation is 1. The van der Waals surface area contributed by atoms with Gasteiger partial charge in [-0.05, 0) is 57.4 Å². The molecule has 0 radical (unpaired) electrons. The summed E-state index contributed by atoms with van der Waals surface area (Å²) >= 11 is 0. The Hall–Kier alpha value is -2.39. The van der Waals surface area contributed by atoms with Crippen LogP contribution in [0.3, 0.4) is 0 Å². The Morgan fingerprint density at radius 2 is 2.00 bits per heavy atom. The van der Waals surface area contributed by atoms with Gasteiger partial charge in [0.2, 0.25) is 0 Å². The topological polar surface area (TPSA) is 90.7 Å². The molecule has 9 heteroatoms. The maximum atomic E-state index is 13.0. The molecule has 2 aromatic rings. The fraction of sp³-hybridized carbons (Fsp3) is 0.565. The van der Waals surface area contributed by atoms with Crippen molar-refractivity contribution < 1.29 is 22.7 Å². The van der Waals surface area contributed by atoms with Gasteiger partial charge in [-0.15, -0.1) is 0 Å². The molecule has 1 aromatic carbocycles. The Bertz CT molecular complexity index is 1070. The van der Waals surface area contributed by atoms with Gasteiger partial charge in [0.05, 0.1) is 29.3 Å². The number of amides is 1. The van der Waals surface area contributed by atoms with Gasteiger partial charge in [0.25, 0.3) is 5.91 Å². The highest BCUT2D eigenvalue weighted by molar-refractivity contribution is 7.91. The Balaban J connectivity index is 1.39. The van der Waals surface area contributed by atoms with E-state index in [0.717, 1.165) is 42.1 Å². The highest BCUT2D eigenvalue weighted by atomic mass is 32.2. The van der Waals surface area contributed by atoms with Crippen LogP contribution in [-0.2, 0) is 21.1 Å². The molecular formula is C23H31N3O5S. The molecule has 0 aliphatic carbocycles. The van der Waals surface area contributed by atoms with E-state index in [1.54, 1.807) is 24.1 Å². The van der Waals surface area contributed by atoms with Crippen LogP contribution in [0.5, 0.6) is 5.75 Å². The van der Waals surface area contributed by atoms with Crippen molar-refractivity contribution in [2.45, 2.75) is 51.8 Å². The molecule has 0 N–H and O–H groups in total. The third-order valence-electron chi connectivity index (χ3n) is 6.33. The Kier molecular flexibility index (Phi) is 6.57. The van der Waals surface area contributed by atoms with E-state index in [2.05, 4.69) is 5.10 Å². The van der Waals surface area contributed by atoms with E-state index < -0.39 is 9.84 Å². The lowest BCUT2D eigenvalue weighted by Gasteiger charge is -2.18. The summed E-state index contributed by atoms with van der Waals surface area (Å²) in [5.74, 6) is 0.964. The molecular weight excluding hydrogens is 430 g/mol. The van der Waals surface area contributed by atoms with Crippen LogP contribution in [0, 0.1) is 13.8 Å². The van der Waals surface area contributed by atoms with Crippen LogP contribution < -0.4 is 4.74 Å². The van der Waals surface area contributed by atoms with Gasteiger partial charge in [0.15, 0.2) is 9.84 Å². The van der Waals surface area contributed by atoms with E-state index in [9.17, 15) is 13.2 Å². The SMILES string of the molecule is Cc1nn([C@H]2CCS(=O)(=O)C2)c(C)c1CN(C)C(=O)c1ccc(OC[C@H]2CCCO2)cc1. The molecule has 2 aliphatic rings. The summed E-state index contributed by atoms with van der Waals surface area (Å²) in [6.45, 7) is 5.58.